The minimum Gasteiger partial charge on any atom is -0.378 e. The van der Waals surface area contributed by atoms with Crippen LogP contribution in [0.15, 0.2) is 42.7 Å². The molecule has 0 saturated carbocycles. The number of nitrogens with one attached hydrogen (secondary N) is 2. The topological polar surface area (TPSA) is 57.3 Å². The molecule has 2 rings (SSSR count). The molecule has 0 fully saturated rings. The molecule has 0 unspecified atom stereocenters. The van der Waals surface area contributed by atoms with E-state index in [2.05, 4.69) is 32.7 Å². The first kappa shape index (κ1) is 24.2. The number of carbonyl (C=O) groups is 1. The number of likely N-dealkylation sites (N-methyl/N-ethyl adjacent to an activating group) is 1. The summed E-state index contributed by atoms with van der Waals surface area (Å²) >= 11 is 0. The highest BCUT2D eigenvalue weighted by Crippen LogP contribution is 2.22. The molecule has 0 saturated heterocycles. The van der Waals surface area contributed by atoms with E-state index in [1.807, 2.05) is 46.1 Å². The Bertz CT molecular complexity index is 677. The predicted octanol–water partition coefficient (Wildman–Crippen LogP) is 3.39. The molecular formula is C19H28Cl2N4O. The number of benzene rings is 1. The lowest BCUT2D eigenvalue weighted by Crippen LogP contribution is -2.38. The van der Waals surface area contributed by atoms with E-state index < -0.39 is 0 Å². The number of pyridine rings is 1. The highest BCUT2D eigenvalue weighted by Gasteiger charge is 2.09. The smallest absolute Gasteiger partial charge is 0.252 e. The van der Waals surface area contributed by atoms with Crippen molar-refractivity contribution in [3.8, 4) is 11.1 Å². The molecule has 144 valence electrons. The zero-order valence-electron chi connectivity index (χ0n) is 15.7. The first-order chi connectivity index (χ1) is 11.5. The number of hydrogen-bond donors (Lipinski definition) is 2. The van der Waals surface area contributed by atoms with E-state index in [1.165, 1.54) is 0 Å². The standard InChI is InChI=1S/C19H26N4O.2ClH/c1-5-21-14(2)11-22-19(24)17-10-16(12-20-13-17)15-6-8-18(9-7-15)23(3)4;;/h6-10,12-14,21H,5,11H2,1-4H3,(H,22,24);2*1H/t14-;;/m1../s1. The van der Waals surface area contributed by atoms with Gasteiger partial charge in [-0.05, 0) is 37.2 Å². The molecule has 0 aliphatic carbocycles. The van der Waals surface area contributed by atoms with E-state index in [1.54, 1.807) is 12.4 Å². The quantitative estimate of drug-likeness (QED) is 0.750. The maximum atomic E-state index is 12.3. The second-order valence-corrected chi connectivity index (χ2v) is 6.07. The molecule has 0 spiro atoms. The number of halogens is 2. The minimum atomic E-state index is -0.0981. The summed E-state index contributed by atoms with van der Waals surface area (Å²) < 4.78 is 0. The van der Waals surface area contributed by atoms with Crippen LogP contribution in [0.2, 0.25) is 0 Å². The van der Waals surface area contributed by atoms with Crippen LogP contribution in [-0.2, 0) is 0 Å². The fourth-order valence-corrected chi connectivity index (χ4v) is 2.44. The van der Waals surface area contributed by atoms with E-state index in [-0.39, 0.29) is 36.8 Å². The number of hydrogen-bond acceptors (Lipinski definition) is 4. The van der Waals surface area contributed by atoms with Gasteiger partial charge in [-0.2, -0.15) is 0 Å². The second kappa shape index (κ2) is 11.7. The molecule has 1 heterocycles. The molecule has 26 heavy (non-hydrogen) atoms. The van der Waals surface area contributed by atoms with Crippen molar-refractivity contribution in [2.24, 2.45) is 0 Å². The summed E-state index contributed by atoms with van der Waals surface area (Å²) in [7, 11) is 4.02. The van der Waals surface area contributed by atoms with E-state index >= 15 is 0 Å². The molecule has 1 aromatic heterocycles. The summed E-state index contributed by atoms with van der Waals surface area (Å²) in [5.41, 5.74) is 3.70. The van der Waals surface area contributed by atoms with Gasteiger partial charge in [-0.15, -0.1) is 24.8 Å². The van der Waals surface area contributed by atoms with Crippen LogP contribution >= 0.6 is 24.8 Å². The summed E-state index contributed by atoms with van der Waals surface area (Å²) in [6.45, 7) is 5.57. The number of amides is 1. The first-order valence-electron chi connectivity index (χ1n) is 8.25. The van der Waals surface area contributed by atoms with Gasteiger partial charge in [-0.1, -0.05) is 19.1 Å². The van der Waals surface area contributed by atoms with Crippen LogP contribution in [0.5, 0.6) is 0 Å². The van der Waals surface area contributed by atoms with E-state index in [0.29, 0.717) is 12.1 Å². The van der Waals surface area contributed by atoms with E-state index in [9.17, 15) is 4.79 Å². The van der Waals surface area contributed by atoms with Crippen molar-refractivity contribution < 1.29 is 4.79 Å². The number of anilines is 1. The highest BCUT2D eigenvalue weighted by atomic mass is 35.5. The molecule has 2 N–H and O–H groups in total. The van der Waals surface area contributed by atoms with Crippen molar-refractivity contribution in [3.63, 3.8) is 0 Å². The number of carbonyl (C=O) groups excluding carboxylic acids is 1. The fourth-order valence-electron chi connectivity index (χ4n) is 2.44. The number of rotatable bonds is 7. The van der Waals surface area contributed by atoms with Crippen LogP contribution < -0.4 is 15.5 Å². The van der Waals surface area contributed by atoms with Gasteiger partial charge in [0, 0.05) is 50.3 Å². The van der Waals surface area contributed by atoms with Crippen LogP contribution in [-0.4, -0.2) is 44.1 Å². The molecule has 0 bridgehead atoms. The maximum absolute atomic E-state index is 12.3. The van der Waals surface area contributed by atoms with Crippen LogP contribution in [0.3, 0.4) is 0 Å². The van der Waals surface area contributed by atoms with Crippen LogP contribution in [0.1, 0.15) is 24.2 Å². The lowest BCUT2D eigenvalue weighted by atomic mass is 10.1. The average Bonchev–Trinajstić information content (AvgIpc) is 2.60. The summed E-state index contributed by atoms with van der Waals surface area (Å²) in [4.78, 5) is 18.6. The second-order valence-electron chi connectivity index (χ2n) is 6.07. The third kappa shape index (κ3) is 6.83. The van der Waals surface area contributed by atoms with Crippen LogP contribution in [0.4, 0.5) is 5.69 Å². The van der Waals surface area contributed by atoms with Gasteiger partial charge in [0.05, 0.1) is 5.56 Å². The Morgan fingerprint density at radius 2 is 1.77 bits per heavy atom. The number of aromatic nitrogens is 1. The zero-order chi connectivity index (χ0) is 17.5. The highest BCUT2D eigenvalue weighted by molar-refractivity contribution is 5.95. The summed E-state index contributed by atoms with van der Waals surface area (Å²) in [5, 5.41) is 6.21. The lowest BCUT2D eigenvalue weighted by molar-refractivity contribution is 0.0950. The zero-order valence-corrected chi connectivity index (χ0v) is 17.3. The average molecular weight is 399 g/mol. The lowest BCUT2D eigenvalue weighted by Gasteiger charge is -2.14. The summed E-state index contributed by atoms with van der Waals surface area (Å²) in [6.07, 6.45) is 3.38. The monoisotopic (exact) mass is 398 g/mol. The predicted molar refractivity (Wildman–Crippen MR) is 114 cm³/mol. The Balaban J connectivity index is 0.00000312. The van der Waals surface area contributed by atoms with Crippen molar-refractivity contribution in [2.45, 2.75) is 19.9 Å². The third-order valence-electron chi connectivity index (χ3n) is 3.84. The van der Waals surface area contributed by atoms with Crippen molar-refractivity contribution in [1.29, 1.82) is 0 Å². The van der Waals surface area contributed by atoms with Gasteiger partial charge in [0.25, 0.3) is 5.91 Å². The molecule has 0 aliphatic heterocycles. The molecule has 2 aromatic rings. The molecule has 1 amide bonds. The number of nitrogens with zero attached hydrogens (tertiary/aromatic N) is 2. The SMILES string of the molecule is CCN[C@H](C)CNC(=O)c1cncc(-c2ccc(N(C)C)cc2)c1.Cl.Cl. The Morgan fingerprint density at radius 1 is 1.12 bits per heavy atom. The van der Waals surface area contributed by atoms with E-state index in [0.717, 1.165) is 23.4 Å². The third-order valence-corrected chi connectivity index (χ3v) is 3.84. The van der Waals surface area contributed by atoms with Crippen molar-refractivity contribution in [3.05, 3.63) is 48.3 Å². The molecule has 7 heteroatoms. The normalized spacial score (nSPS) is 10.9. The summed E-state index contributed by atoms with van der Waals surface area (Å²) in [6, 6.07) is 10.3. The van der Waals surface area contributed by atoms with Gasteiger partial charge in [-0.3, -0.25) is 9.78 Å². The van der Waals surface area contributed by atoms with Gasteiger partial charge in [0.1, 0.15) is 0 Å². The molecule has 1 atom stereocenters. The Morgan fingerprint density at radius 3 is 2.35 bits per heavy atom. The molecule has 0 aliphatic rings. The largest absolute Gasteiger partial charge is 0.378 e. The van der Waals surface area contributed by atoms with E-state index in [4.69, 9.17) is 0 Å². The first-order valence-corrected chi connectivity index (χ1v) is 8.25. The Labute approximate surface area is 168 Å². The Hall–Kier alpha value is -1.82. The van der Waals surface area contributed by atoms with Crippen LogP contribution in [0.25, 0.3) is 11.1 Å². The van der Waals surface area contributed by atoms with Crippen molar-refractivity contribution in [1.82, 2.24) is 15.6 Å². The summed E-state index contributed by atoms with van der Waals surface area (Å²) in [5.74, 6) is -0.0981. The van der Waals surface area contributed by atoms with Gasteiger partial charge in [0.2, 0.25) is 0 Å². The van der Waals surface area contributed by atoms with Crippen molar-refractivity contribution >= 4 is 36.4 Å². The van der Waals surface area contributed by atoms with Gasteiger partial charge < -0.3 is 15.5 Å². The van der Waals surface area contributed by atoms with Crippen molar-refractivity contribution in [2.75, 3.05) is 32.1 Å². The van der Waals surface area contributed by atoms with Gasteiger partial charge >= 0.3 is 0 Å². The molecule has 0 radical (unpaired) electrons. The molecule has 5 nitrogen and oxygen atoms in total. The fraction of sp³-hybridized carbons (Fsp3) is 0.368. The molecular weight excluding hydrogens is 371 g/mol. The van der Waals surface area contributed by atoms with Crippen LogP contribution in [0, 0.1) is 0 Å². The Kier molecular flexibility index (Phi) is 10.9. The minimum absolute atomic E-state index is 0. The molecule has 1 aromatic carbocycles. The van der Waals surface area contributed by atoms with Gasteiger partial charge in [-0.25, -0.2) is 0 Å². The maximum Gasteiger partial charge on any atom is 0.252 e. The van der Waals surface area contributed by atoms with Gasteiger partial charge in [0.15, 0.2) is 0 Å².